The van der Waals surface area contributed by atoms with Gasteiger partial charge >= 0.3 is 0 Å². The molecule has 3 rings (SSSR count). The third kappa shape index (κ3) is 5.60. The Balaban J connectivity index is 0.000000254. The highest BCUT2D eigenvalue weighted by atomic mass is 32.2. The van der Waals surface area contributed by atoms with Crippen LogP contribution in [0.2, 0.25) is 0 Å². The predicted molar refractivity (Wildman–Crippen MR) is 111 cm³/mol. The number of benzene rings is 2. The van der Waals surface area contributed by atoms with E-state index in [-0.39, 0.29) is 5.17 Å². The molecule has 0 unspecified atom stereocenters. The zero-order chi connectivity index (χ0) is 18.9. The molecule has 1 N–H and O–H groups in total. The van der Waals surface area contributed by atoms with Crippen molar-refractivity contribution in [3.63, 3.8) is 0 Å². The van der Waals surface area contributed by atoms with Gasteiger partial charge in [-0.3, -0.25) is 10.2 Å². The number of aliphatic imine (C=N–C) groups is 1. The summed E-state index contributed by atoms with van der Waals surface area (Å²) < 4.78 is 4.91. The molecule has 134 valence electrons. The lowest BCUT2D eigenvalue weighted by Gasteiger charge is -2.11. The molecule has 1 aliphatic heterocycles. The van der Waals surface area contributed by atoms with Gasteiger partial charge in [0.15, 0.2) is 11.5 Å². The van der Waals surface area contributed by atoms with E-state index in [1.165, 1.54) is 11.8 Å². The summed E-state index contributed by atoms with van der Waals surface area (Å²) in [6.45, 7) is 0. The molecule has 2 aromatic rings. The Labute approximate surface area is 157 Å². The third-order valence-electron chi connectivity index (χ3n) is 3.48. The Hall–Kier alpha value is -2.86. The summed E-state index contributed by atoms with van der Waals surface area (Å²) in [4.78, 5) is 17.4. The number of nitrogens with one attached hydrogen (secondary N) is 1. The number of allylic oxidation sites excluding steroid dienone is 1. The van der Waals surface area contributed by atoms with Gasteiger partial charge in [-0.1, -0.05) is 30.3 Å². The fourth-order valence-electron chi connectivity index (χ4n) is 2.11. The first kappa shape index (κ1) is 19.5. The molecule has 0 atom stereocenters. The maximum atomic E-state index is 10.8. The van der Waals surface area contributed by atoms with Crippen molar-refractivity contribution < 1.29 is 9.53 Å². The van der Waals surface area contributed by atoms with Gasteiger partial charge in [0.25, 0.3) is 0 Å². The van der Waals surface area contributed by atoms with Crippen LogP contribution in [0, 0.1) is 5.41 Å². The van der Waals surface area contributed by atoms with Gasteiger partial charge in [0.2, 0.25) is 0 Å². The third-order valence-corrected chi connectivity index (χ3v) is 4.31. The minimum atomic E-state index is 0.160. The zero-order valence-corrected chi connectivity index (χ0v) is 15.8. The van der Waals surface area contributed by atoms with Gasteiger partial charge in [0, 0.05) is 24.7 Å². The number of carbonyl (C=O) groups is 1. The van der Waals surface area contributed by atoms with Crippen LogP contribution in [-0.2, 0) is 4.79 Å². The van der Waals surface area contributed by atoms with E-state index in [4.69, 9.17) is 10.1 Å². The summed E-state index contributed by atoms with van der Waals surface area (Å²) in [5.74, 6) is 0.910. The molecule has 1 heterocycles. The lowest BCUT2D eigenvalue weighted by Crippen LogP contribution is -2.07. The molecular weight excluding hydrogens is 346 g/mol. The fourth-order valence-corrected chi connectivity index (χ4v) is 2.85. The molecule has 0 saturated heterocycles. The van der Waals surface area contributed by atoms with Crippen molar-refractivity contribution in [1.82, 2.24) is 0 Å². The Kier molecular flexibility index (Phi) is 7.17. The number of hydrogen-bond donors (Lipinski definition) is 1. The summed E-state index contributed by atoms with van der Waals surface area (Å²) in [6, 6.07) is 17.7. The number of ether oxygens (including phenoxy) is 1. The second-order valence-electron chi connectivity index (χ2n) is 5.53. The largest absolute Gasteiger partial charge is 0.497 e. The Morgan fingerprint density at radius 3 is 2.23 bits per heavy atom. The molecule has 0 amide bonds. The number of carbonyl (C=O) groups excluding carboxylic acids is 1. The molecule has 0 aliphatic carbocycles. The monoisotopic (exact) mass is 367 g/mol. The van der Waals surface area contributed by atoms with Gasteiger partial charge in [-0.15, -0.1) is 0 Å². The molecule has 1 aliphatic rings. The van der Waals surface area contributed by atoms with E-state index in [9.17, 15) is 4.79 Å². The number of aldehydes is 1. The summed E-state index contributed by atoms with van der Waals surface area (Å²) >= 11 is 1.20. The van der Waals surface area contributed by atoms with Crippen molar-refractivity contribution in [2.24, 2.45) is 4.99 Å². The molecule has 0 saturated carbocycles. The van der Waals surface area contributed by atoms with Crippen LogP contribution < -0.4 is 9.64 Å². The first-order chi connectivity index (χ1) is 12.5. The van der Waals surface area contributed by atoms with Gasteiger partial charge < -0.3 is 9.64 Å². The number of thioether (sulfide) groups is 1. The number of rotatable bonds is 4. The summed E-state index contributed by atoms with van der Waals surface area (Å²) in [5.41, 5.74) is 2.45. The molecule has 2 aromatic carbocycles. The molecule has 0 bridgehead atoms. The first-order valence-electron chi connectivity index (χ1n) is 7.92. The van der Waals surface area contributed by atoms with Crippen LogP contribution in [-0.4, -0.2) is 38.4 Å². The smallest absolute Gasteiger partial charge is 0.185 e. The fraction of sp³-hybridized carbons (Fsp3) is 0.150. The molecule has 0 spiro atoms. The van der Waals surface area contributed by atoms with Crippen molar-refractivity contribution in [1.29, 1.82) is 5.41 Å². The van der Waals surface area contributed by atoms with Gasteiger partial charge in [-0.2, -0.15) is 0 Å². The van der Waals surface area contributed by atoms with Crippen molar-refractivity contribution in [2.45, 2.75) is 0 Å². The Bertz CT molecular complexity index is 813. The van der Waals surface area contributed by atoms with Crippen molar-refractivity contribution >= 4 is 40.7 Å². The first-order valence-corrected chi connectivity index (χ1v) is 8.74. The number of amidine groups is 1. The molecule has 6 heteroatoms. The van der Waals surface area contributed by atoms with Gasteiger partial charge in [-0.25, -0.2) is 4.99 Å². The number of anilines is 1. The van der Waals surface area contributed by atoms with E-state index in [0.717, 1.165) is 21.9 Å². The molecule has 0 fully saturated rings. The number of methoxy groups -OCH3 is 1. The molecule has 5 nitrogen and oxygen atoms in total. The summed E-state index contributed by atoms with van der Waals surface area (Å²) in [5, 5.41) is 7.60. The van der Waals surface area contributed by atoms with Crippen LogP contribution in [0.1, 0.15) is 5.56 Å². The highest BCUT2D eigenvalue weighted by molar-refractivity contribution is 8.18. The van der Waals surface area contributed by atoms with E-state index >= 15 is 0 Å². The molecule has 0 aromatic heterocycles. The number of nitrogens with zero attached hydrogens (tertiary/aromatic N) is 2. The quantitative estimate of drug-likeness (QED) is 0.826. The van der Waals surface area contributed by atoms with Crippen LogP contribution in [0.5, 0.6) is 5.75 Å². The zero-order valence-electron chi connectivity index (χ0n) is 15.0. The van der Waals surface area contributed by atoms with Crippen molar-refractivity contribution in [2.75, 3.05) is 26.1 Å². The second-order valence-corrected chi connectivity index (χ2v) is 6.56. The van der Waals surface area contributed by atoms with Crippen LogP contribution in [0.25, 0.3) is 6.08 Å². The normalized spacial score (nSPS) is 14.3. The van der Waals surface area contributed by atoms with E-state index in [1.54, 1.807) is 7.11 Å². The highest BCUT2D eigenvalue weighted by Gasteiger charge is 2.17. The predicted octanol–water partition coefficient (Wildman–Crippen LogP) is 4.11. The Morgan fingerprint density at radius 2 is 1.73 bits per heavy atom. The lowest BCUT2D eigenvalue weighted by molar-refractivity contribution is -0.102. The average Bonchev–Trinajstić information content (AvgIpc) is 3.02. The summed E-state index contributed by atoms with van der Waals surface area (Å²) in [7, 11) is 5.63. The maximum absolute atomic E-state index is 10.8. The van der Waals surface area contributed by atoms with Crippen LogP contribution in [0.4, 0.5) is 5.69 Å². The maximum Gasteiger partial charge on any atom is 0.185 e. The van der Waals surface area contributed by atoms with E-state index in [0.29, 0.717) is 12.0 Å². The number of para-hydroxylation sites is 1. The van der Waals surface area contributed by atoms with Gasteiger partial charge in [-0.05, 0) is 47.7 Å². The Morgan fingerprint density at radius 1 is 1.08 bits per heavy atom. The van der Waals surface area contributed by atoms with Gasteiger partial charge in [0.05, 0.1) is 7.11 Å². The second kappa shape index (κ2) is 9.58. The minimum absolute atomic E-state index is 0.160. The van der Waals surface area contributed by atoms with E-state index in [2.05, 4.69) is 4.99 Å². The molecule has 0 radical (unpaired) electrons. The van der Waals surface area contributed by atoms with Crippen LogP contribution >= 0.6 is 11.8 Å². The topological polar surface area (TPSA) is 65.8 Å². The van der Waals surface area contributed by atoms with Crippen molar-refractivity contribution in [3.05, 3.63) is 65.1 Å². The summed E-state index contributed by atoms with van der Waals surface area (Å²) in [6.07, 6.45) is 2.56. The van der Waals surface area contributed by atoms with Crippen molar-refractivity contribution in [3.8, 4) is 5.75 Å². The SMILES string of the molecule is CN(C)c1ccc(C=C2SC(=N)N=C2C=O)cc1.COc1ccccc1. The van der Waals surface area contributed by atoms with Gasteiger partial charge in [0.1, 0.15) is 11.5 Å². The number of hydrogen-bond acceptors (Lipinski definition) is 5. The molecule has 26 heavy (non-hydrogen) atoms. The van der Waals surface area contributed by atoms with Crippen LogP contribution in [0.15, 0.2) is 64.5 Å². The average molecular weight is 367 g/mol. The van der Waals surface area contributed by atoms with E-state index < -0.39 is 0 Å². The highest BCUT2D eigenvalue weighted by Crippen LogP contribution is 2.28. The van der Waals surface area contributed by atoms with E-state index in [1.807, 2.05) is 79.7 Å². The standard InChI is InChI=1S/C13H13N3OS.C7H8O/c1-16(2)10-5-3-9(4-6-10)7-12-11(8-17)15-13(14)18-12;1-8-7-5-3-2-4-6-7/h3-8,14H,1-2H3;2-6H,1H3. The molecular formula is C20H21N3O2S. The lowest BCUT2D eigenvalue weighted by atomic mass is 10.1. The minimum Gasteiger partial charge on any atom is -0.497 e. The van der Waals surface area contributed by atoms with Crippen LogP contribution in [0.3, 0.4) is 0 Å².